The molecule has 0 aliphatic carbocycles. The smallest absolute Gasteiger partial charge is 0.339 e. The number of rotatable bonds is 5. The zero-order valence-electron chi connectivity index (χ0n) is 16.0. The number of amides is 2. The highest BCUT2D eigenvalue weighted by Gasteiger charge is 2.45. The average molecular weight is 373 g/mol. The van der Waals surface area contributed by atoms with Crippen LogP contribution in [0, 0.1) is 0 Å². The summed E-state index contributed by atoms with van der Waals surface area (Å²) in [5, 5.41) is 2.87. The molecular formula is C20H27N3O4. The molecule has 0 saturated carbocycles. The van der Waals surface area contributed by atoms with Crippen molar-refractivity contribution in [3.8, 4) is 0 Å². The quantitative estimate of drug-likeness (QED) is 0.774. The molecule has 1 aromatic carbocycles. The molecule has 1 atom stereocenters. The van der Waals surface area contributed by atoms with E-state index in [0.717, 1.165) is 12.0 Å². The number of benzene rings is 1. The third-order valence-corrected chi connectivity index (χ3v) is 5.13. The van der Waals surface area contributed by atoms with Crippen molar-refractivity contribution in [2.75, 3.05) is 39.3 Å². The largest absolute Gasteiger partial charge is 0.445 e. The van der Waals surface area contributed by atoms with Crippen LogP contribution in [-0.2, 0) is 20.7 Å². The van der Waals surface area contributed by atoms with Gasteiger partial charge < -0.3 is 15.0 Å². The Kier molecular flexibility index (Phi) is 5.79. The summed E-state index contributed by atoms with van der Waals surface area (Å²) in [7, 11) is 0. The van der Waals surface area contributed by atoms with Crippen LogP contribution in [-0.4, -0.2) is 72.5 Å². The van der Waals surface area contributed by atoms with E-state index in [1.807, 2.05) is 24.0 Å². The molecule has 0 radical (unpaired) electrons. The number of cyclic esters (lactones) is 1. The number of carbonyl (C=O) groups excluding carboxylic acids is 3. The first-order valence-electron chi connectivity index (χ1n) is 9.52. The molecule has 0 bridgehead atoms. The first kappa shape index (κ1) is 19.4. The molecule has 1 N–H and O–H groups in total. The van der Waals surface area contributed by atoms with E-state index in [-0.39, 0.29) is 11.8 Å². The van der Waals surface area contributed by atoms with Crippen LogP contribution >= 0.6 is 0 Å². The van der Waals surface area contributed by atoms with Crippen molar-refractivity contribution in [2.24, 2.45) is 0 Å². The Morgan fingerprint density at radius 1 is 1.19 bits per heavy atom. The Labute approximate surface area is 159 Å². The zero-order valence-corrected chi connectivity index (χ0v) is 16.0. The maximum absolute atomic E-state index is 13.1. The lowest BCUT2D eigenvalue weighted by Crippen LogP contribution is -2.58. The minimum Gasteiger partial charge on any atom is -0.445 e. The molecule has 7 heteroatoms. The number of nitrogens with zero attached hydrogens (tertiary/aromatic N) is 2. The van der Waals surface area contributed by atoms with Gasteiger partial charge in [0.1, 0.15) is 0 Å². The van der Waals surface area contributed by atoms with Crippen LogP contribution < -0.4 is 5.32 Å². The number of carbonyl (C=O) groups is 3. The number of fused-ring (bicyclic) bond motifs is 1. The first-order chi connectivity index (χ1) is 12.9. The van der Waals surface area contributed by atoms with E-state index in [0.29, 0.717) is 51.3 Å². The molecule has 3 rings (SSSR count). The lowest BCUT2D eigenvalue weighted by Gasteiger charge is -2.40. The highest BCUT2D eigenvalue weighted by molar-refractivity contribution is 5.97. The van der Waals surface area contributed by atoms with Gasteiger partial charge in [0, 0.05) is 39.1 Å². The van der Waals surface area contributed by atoms with Crippen LogP contribution in [0.4, 0.5) is 0 Å². The van der Waals surface area contributed by atoms with Gasteiger partial charge in [-0.05, 0) is 25.0 Å². The fraction of sp³-hybridized carbons (Fsp3) is 0.550. The van der Waals surface area contributed by atoms with Crippen molar-refractivity contribution in [1.29, 1.82) is 0 Å². The second-order valence-corrected chi connectivity index (χ2v) is 7.37. The van der Waals surface area contributed by atoms with E-state index >= 15 is 0 Å². The SMILES string of the molecule is CCCNC(=O)CN1CCN(C(=O)C2(C)Cc3ccccc3C(=O)O2)CC1. The summed E-state index contributed by atoms with van der Waals surface area (Å²) in [6, 6.07) is 7.25. The lowest BCUT2D eigenvalue weighted by molar-refractivity contribution is -0.153. The van der Waals surface area contributed by atoms with E-state index < -0.39 is 11.6 Å². The second-order valence-electron chi connectivity index (χ2n) is 7.37. The van der Waals surface area contributed by atoms with Crippen molar-refractivity contribution in [3.05, 3.63) is 35.4 Å². The zero-order chi connectivity index (χ0) is 19.4. The van der Waals surface area contributed by atoms with Gasteiger partial charge in [-0.2, -0.15) is 0 Å². The van der Waals surface area contributed by atoms with Crippen molar-refractivity contribution in [2.45, 2.75) is 32.3 Å². The molecule has 2 amide bonds. The lowest BCUT2D eigenvalue weighted by atomic mass is 9.88. The summed E-state index contributed by atoms with van der Waals surface area (Å²) in [5.41, 5.74) is 0.202. The molecule has 0 aromatic heterocycles. The van der Waals surface area contributed by atoms with Crippen LogP contribution in [0.5, 0.6) is 0 Å². The third-order valence-electron chi connectivity index (χ3n) is 5.13. The molecule has 2 heterocycles. The van der Waals surface area contributed by atoms with Crippen LogP contribution in [0.25, 0.3) is 0 Å². The molecular weight excluding hydrogens is 346 g/mol. The van der Waals surface area contributed by atoms with Crippen LogP contribution in [0.2, 0.25) is 0 Å². The Bertz CT molecular complexity index is 728. The van der Waals surface area contributed by atoms with Gasteiger partial charge in [0.15, 0.2) is 5.60 Å². The number of nitrogens with one attached hydrogen (secondary N) is 1. The van der Waals surface area contributed by atoms with Crippen LogP contribution in [0.15, 0.2) is 24.3 Å². The number of hydrogen-bond donors (Lipinski definition) is 1. The van der Waals surface area contributed by atoms with E-state index in [4.69, 9.17) is 4.74 Å². The molecule has 7 nitrogen and oxygen atoms in total. The monoisotopic (exact) mass is 373 g/mol. The Hall–Kier alpha value is -2.41. The molecule has 2 aliphatic heterocycles. The number of ether oxygens (including phenoxy) is 1. The highest BCUT2D eigenvalue weighted by atomic mass is 16.6. The minimum atomic E-state index is -1.17. The Morgan fingerprint density at radius 3 is 2.59 bits per heavy atom. The summed E-state index contributed by atoms with van der Waals surface area (Å²) >= 11 is 0. The topological polar surface area (TPSA) is 79.0 Å². The van der Waals surface area contributed by atoms with Gasteiger partial charge in [0.05, 0.1) is 12.1 Å². The van der Waals surface area contributed by atoms with E-state index in [2.05, 4.69) is 5.32 Å². The van der Waals surface area contributed by atoms with Crippen molar-refractivity contribution in [1.82, 2.24) is 15.1 Å². The molecule has 0 spiro atoms. The average Bonchev–Trinajstić information content (AvgIpc) is 2.66. The second kappa shape index (κ2) is 8.08. The van der Waals surface area contributed by atoms with E-state index in [1.165, 1.54) is 0 Å². The normalized spacial score (nSPS) is 22.7. The predicted molar refractivity (Wildman–Crippen MR) is 100 cm³/mol. The van der Waals surface area contributed by atoms with Gasteiger partial charge in [-0.25, -0.2) is 4.79 Å². The molecule has 1 unspecified atom stereocenters. The third kappa shape index (κ3) is 4.30. The van der Waals surface area contributed by atoms with Crippen molar-refractivity contribution < 1.29 is 19.1 Å². The fourth-order valence-corrected chi connectivity index (χ4v) is 3.62. The summed E-state index contributed by atoms with van der Waals surface area (Å²) in [5.74, 6) is -0.597. The molecule has 146 valence electrons. The fourth-order valence-electron chi connectivity index (χ4n) is 3.62. The van der Waals surface area contributed by atoms with Crippen molar-refractivity contribution >= 4 is 17.8 Å². The van der Waals surface area contributed by atoms with Crippen LogP contribution in [0.1, 0.15) is 36.2 Å². The standard InChI is InChI=1S/C20H27N3O4/c1-3-8-21-17(24)14-22-9-11-23(12-10-22)19(26)20(2)13-15-6-4-5-7-16(15)18(25)27-20/h4-7H,3,8-14H2,1-2H3,(H,21,24). The van der Waals surface area contributed by atoms with E-state index in [9.17, 15) is 14.4 Å². The predicted octanol–water partition coefficient (Wildman–Crippen LogP) is 0.829. The summed E-state index contributed by atoms with van der Waals surface area (Å²) in [6.07, 6.45) is 1.29. The summed E-state index contributed by atoms with van der Waals surface area (Å²) < 4.78 is 5.54. The maximum atomic E-state index is 13.1. The summed E-state index contributed by atoms with van der Waals surface area (Å²) in [4.78, 5) is 41.0. The van der Waals surface area contributed by atoms with Gasteiger partial charge in [0.25, 0.3) is 5.91 Å². The molecule has 1 fully saturated rings. The van der Waals surface area contributed by atoms with Crippen molar-refractivity contribution in [3.63, 3.8) is 0 Å². The number of esters is 1. The van der Waals surface area contributed by atoms with Gasteiger partial charge in [-0.15, -0.1) is 0 Å². The number of piperazine rings is 1. The van der Waals surface area contributed by atoms with Gasteiger partial charge in [-0.3, -0.25) is 14.5 Å². The molecule has 2 aliphatic rings. The first-order valence-corrected chi connectivity index (χ1v) is 9.52. The van der Waals surface area contributed by atoms with Gasteiger partial charge in [0.2, 0.25) is 5.91 Å². The maximum Gasteiger partial charge on any atom is 0.339 e. The van der Waals surface area contributed by atoms with E-state index in [1.54, 1.807) is 24.0 Å². The Balaban J connectivity index is 1.58. The molecule has 1 aromatic rings. The highest BCUT2D eigenvalue weighted by Crippen LogP contribution is 2.30. The summed E-state index contributed by atoms with van der Waals surface area (Å²) in [6.45, 7) is 7.04. The Morgan fingerprint density at radius 2 is 1.89 bits per heavy atom. The number of hydrogen-bond acceptors (Lipinski definition) is 5. The van der Waals surface area contributed by atoms with Gasteiger partial charge in [-0.1, -0.05) is 25.1 Å². The molecule has 27 heavy (non-hydrogen) atoms. The van der Waals surface area contributed by atoms with Gasteiger partial charge >= 0.3 is 5.97 Å². The molecule has 1 saturated heterocycles. The minimum absolute atomic E-state index is 0.0152. The van der Waals surface area contributed by atoms with Crippen LogP contribution in [0.3, 0.4) is 0 Å².